The average Bonchev–Trinajstić information content (AvgIpc) is 3.07. The maximum Gasteiger partial charge on any atom is 0.185 e. The highest BCUT2D eigenvalue weighted by Gasteiger charge is 2.51. The number of thioether (sulfide) groups is 1. The molecule has 0 radical (unpaired) electrons. The van der Waals surface area contributed by atoms with Crippen LogP contribution in [0.5, 0.6) is 0 Å². The van der Waals surface area contributed by atoms with Crippen LogP contribution in [-0.2, 0) is 6.54 Å². The van der Waals surface area contributed by atoms with Crippen LogP contribution < -0.4 is 0 Å². The zero-order valence-corrected chi connectivity index (χ0v) is 15.7. The monoisotopic (exact) mass is 363 g/mol. The molecule has 0 aliphatic heterocycles. The van der Waals surface area contributed by atoms with Gasteiger partial charge in [0.1, 0.15) is 11.9 Å². The van der Waals surface area contributed by atoms with Crippen LogP contribution in [0.3, 0.4) is 0 Å². The average molecular weight is 364 g/mol. The van der Waals surface area contributed by atoms with E-state index in [4.69, 9.17) is 11.6 Å². The molecule has 2 aromatic rings. The van der Waals surface area contributed by atoms with Crippen molar-refractivity contribution in [2.75, 3.05) is 6.26 Å². The van der Waals surface area contributed by atoms with Gasteiger partial charge in [-0.05, 0) is 47.8 Å². The van der Waals surface area contributed by atoms with Crippen molar-refractivity contribution in [3.05, 3.63) is 46.8 Å². The van der Waals surface area contributed by atoms with Crippen LogP contribution in [0.4, 0.5) is 0 Å². The van der Waals surface area contributed by atoms with E-state index in [9.17, 15) is 5.11 Å². The van der Waals surface area contributed by atoms with Crippen molar-refractivity contribution in [3.8, 4) is 0 Å². The lowest BCUT2D eigenvalue weighted by Gasteiger charge is -2.37. The van der Waals surface area contributed by atoms with Crippen LogP contribution in [0.1, 0.15) is 32.3 Å². The summed E-state index contributed by atoms with van der Waals surface area (Å²) in [6, 6.07) is 7.69. The second-order valence-corrected chi connectivity index (χ2v) is 8.08. The third-order valence-electron chi connectivity index (χ3n) is 5.02. The second kappa shape index (κ2) is 6.54. The van der Waals surface area contributed by atoms with Crippen molar-refractivity contribution in [1.82, 2.24) is 14.8 Å². The normalized spacial score (nSPS) is 24.6. The van der Waals surface area contributed by atoms with Crippen molar-refractivity contribution in [2.45, 2.75) is 44.0 Å². The zero-order valence-electron chi connectivity index (χ0n) is 14.2. The van der Waals surface area contributed by atoms with Crippen LogP contribution in [-0.4, -0.2) is 31.7 Å². The molecule has 0 amide bonds. The number of nitrogens with zero attached hydrogens (tertiary/aromatic N) is 3. The van der Waals surface area contributed by atoms with E-state index in [0.717, 1.165) is 29.1 Å². The first-order chi connectivity index (χ1) is 11.4. The first-order valence-electron chi connectivity index (χ1n) is 7.96. The molecule has 1 unspecified atom stereocenters. The summed E-state index contributed by atoms with van der Waals surface area (Å²) in [5.41, 5.74) is 0.907. The minimum Gasteiger partial charge on any atom is -0.383 e. The van der Waals surface area contributed by atoms with Crippen LogP contribution >= 0.6 is 23.4 Å². The fraction of sp³-hybridized carbons (Fsp3) is 0.444. The van der Waals surface area contributed by atoms with E-state index in [1.807, 2.05) is 30.5 Å². The molecule has 1 aromatic carbocycles. The molecule has 24 heavy (non-hydrogen) atoms. The third kappa shape index (κ3) is 3.13. The molecule has 1 N–H and O–H groups in total. The van der Waals surface area contributed by atoms with Crippen molar-refractivity contribution in [2.24, 2.45) is 5.41 Å². The summed E-state index contributed by atoms with van der Waals surface area (Å²) in [7, 11) is 0. The molecule has 128 valence electrons. The van der Waals surface area contributed by atoms with Gasteiger partial charge in [-0.3, -0.25) is 0 Å². The van der Waals surface area contributed by atoms with Gasteiger partial charge in [-0.1, -0.05) is 55.4 Å². The van der Waals surface area contributed by atoms with Crippen LogP contribution in [0, 0.1) is 5.41 Å². The second-order valence-electron chi connectivity index (χ2n) is 6.87. The number of benzene rings is 1. The van der Waals surface area contributed by atoms with E-state index in [-0.39, 0.29) is 5.41 Å². The van der Waals surface area contributed by atoms with Gasteiger partial charge in [-0.15, -0.1) is 0 Å². The Balaban J connectivity index is 1.98. The predicted molar refractivity (Wildman–Crippen MR) is 99.2 cm³/mol. The lowest BCUT2D eigenvalue weighted by molar-refractivity contribution is -0.0317. The van der Waals surface area contributed by atoms with E-state index >= 15 is 0 Å². The predicted octanol–water partition coefficient (Wildman–Crippen LogP) is 4.29. The Bertz CT molecular complexity index is 754. The molecule has 1 aromatic heterocycles. The maximum absolute atomic E-state index is 11.6. The van der Waals surface area contributed by atoms with E-state index in [1.54, 1.807) is 11.0 Å². The Morgan fingerprint density at radius 3 is 2.71 bits per heavy atom. The minimum atomic E-state index is -0.954. The molecule has 1 saturated carbocycles. The third-order valence-corrected chi connectivity index (χ3v) is 5.96. The summed E-state index contributed by atoms with van der Waals surface area (Å²) in [5, 5.41) is 17.4. The van der Waals surface area contributed by atoms with Crippen molar-refractivity contribution in [1.29, 1.82) is 0 Å². The minimum absolute atomic E-state index is 0.229. The Hall–Kier alpha value is -1.30. The molecule has 6 heteroatoms. The number of hydrogen-bond donors (Lipinski definition) is 1. The summed E-state index contributed by atoms with van der Waals surface area (Å²) in [4.78, 5) is 4.24. The Morgan fingerprint density at radius 1 is 1.33 bits per heavy atom. The Morgan fingerprint density at radius 2 is 2.04 bits per heavy atom. The van der Waals surface area contributed by atoms with Gasteiger partial charge in [-0.25, -0.2) is 9.67 Å². The quantitative estimate of drug-likeness (QED) is 0.823. The van der Waals surface area contributed by atoms with Crippen molar-refractivity contribution in [3.63, 3.8) is 0 Å². The molecule has 0 saturated heterocycles. The summed E-state index contributed by atoms with van der Waals surface area (Å²) >= 11 is 7.50. The highest BCUT2D eigenvalue weighted by molar-refractivity contribution is 7.98. The highest BCUT2D eigenvalue weighted by Crippen LogP contribution is 2.51. The van der Waals surface area contributed by atoms with E-state index in [2.05, 4.69) is 30.0 Å². The lowest BCUT2D eigenvalue weighted by Crippen LogP contribution is -2.45. The molecule has 0 bridgehead atoms. The van der Waals surface area contributed by atoms with E-state index < -0.39 is 5.60 Å². The van der Waals surface area contributed by atoms with Gasteiger partial charge in [-0.2, -0.15) is 5.10 Å². The molecule has 3 rings (SSSR count). The molecule has 1 fully saturated rings. The van der Waals surface area contributed by atoms with Gasteiger partial charge in [0.05, 0.1) is 6.54 Å². The Labute approximate surface area is 151 Å². The maximum atomic E-state index is 11.6. The number of rotatable bonds is 4. The molecular formula is C18H22ClN3OS. The molecular weight excluding hydrogens is 342 g/mol. The molecule has 1 atom stereocenters. The topological polar surface area (TPSA) is 50.9 Å². The number of hydrogen-bond acceptors (Lipinski definition) is 4. The zero-order chi connectivity index (χ0) is 17.4. The van der Waals surface area contributed by atoms with Gasteiger partial charge in [0.2, 0.25) is 0 Å². The lowest BCUT2D eigenvalue weighted by atomic mass is 9.76. The molecule has 4 nitrogen and oxygen atoms in total. The first-order valence-corrected chi connectivity index (χ1v) is 9.57. The molecule has 1 aliphatic carbocycles. The standard InChI is InChI=1S/C18H22ClN3OS/c1-17(2)9-8-14(10-13-4-6-15(19)7-5-13)18(17,23)11-22-16(24-3)20-12-21-22/h4-7,10,12,23H,8-9,11H2,1-3H3/b14-10-. The number of halogens is 1. The van der Waals surface area contributed by atoms with Gasteiger partial charge >= 0.3 is 0 Å². The van der Waals surface area contributed by atoms with E-state index in [1.165, 1.54) is 11.8 Å². The molecule has 1 aliphatic rings. The fourth-order valence-electron chi connectivity index (χ4n) is 3.30. The Kier molecular flexibility index (Phi) is 4.78. The van der Waals surface area contributed by atoms with Crippen LogP contribution in [0.2, 0.25) is 5.02 Å². The molecule has 1 heterocycles. The first kappa shape index (κ1) is 17.5. The number of aromatic nitrogens is 3. The fourth-order valence-corrected chi connectivity index (χ4v) is 3.90. The van der Waals surface area contributed by atoms with Gasteiger partial charge in [0.25, 0.3) is 0 Å². The van der Waals surface area contributed by atoms with Crippen molar-refractivity contribution >= 4 is 29.4 Å². The van der Waals surface area contributed by atoms with Gasteiger partial charge < -0.3 is 5.11 Å². The summed E-state index contributed by atoms with van der Waals surface area (Å²) in [6.45, 7) is 4.65. The summed E-state index contributed by atoms with van der Waals surface area (Å²) in [5.74, 6) is 0. The summed E-state index contributed by atoms with van der Waals surface area (Å²) < 4.78 is 1.80. The van der Waals surface area contributed by atoms with Gasteiger partial charge in [0, 0.05) is 5.02 Å². The van der Waals surface area contributed by atoms with Crippen molar-refractivity contribution < 1.29 is 5.11 Å². The van der Waals surface area contributed by atoms with Crippen LogP contribution in [0.15, 0.2) is 41.3 Å². The molecule has 0 spiro atoms. The largest absolute Gasteiger partial charge is 0.383 e. The smallest absolute Gasteiger partial charge is 0.185 e. The van der Waals surface area contributed by atoms with Gasteiger partial charge in [0.15, 0.2) is 5.16 Å². The SMILES string of the molecule is CSc1ncnn1CC1(O)/C(=C\c2ccc(Cl)cc2)CCC1(C)C. The number of aliphatic hydroxyl groups is 1. The van der Waals surface area contributed by atoms with Crippen LogP contribution in [0.25, 0.3) is 6.08 Å². The highest BCUT2D eigenvalue weighted by atomic mass is 35.5. The summed E-state index contributed by atoms with van der Waals surface area (Å²) in [6.07, 6.45) is 7.40. The van der Waals surface area contributed by atoms with E-state index in [0.29, 0.717) is 11.6 Å².